The second-order valence-electron chi connectivity index (χ2n) is 6.04. The van der Waals surface area contributed by atoms with E-state index >= 15 is 0 Å². The van der Waals surface area contributed by atoms with Crippen molar-refractivity contribution in [2.75, 3.05) is 13.6 Å². The average molecular weight is 290 g/mol. The van der Waals surface area contributed by atoms with Crippen LogP contribution in [0.5, 0.6) is 0 Å². The number of halogens is 1. The third-order valence-electron chi connectivity index (χ3n) is 3.94. The summed E-state index contributed by atoms with van der Waals surface area (Å²) in [6.07, 6.45) is 1.98. The van der Waals surface area contributed by atoms with Gasteiger partial charge < -0.3 is 10.2 Å². The zero-order valence-corrected chi connectivity index (χ0v) is 12.4. The van der Waals surface area contributed by atoms with Gasteiger partial charge in [-0.05, 0) is 31.7 Å². The second-order valence-corrected chi connectivity index (χ2v) is 6.04. The van der Waals surface area contributed by atoms with E-state index in [4.69, 9.17) is 0 Å². The molecule has 0 spiro atoms. The Hall–Kier alpha value is -1.93. The van der Waals surface area contributed by atoms with Crippen LogP contribution in [0.15, 0.2) is 24.3 Å². The minimum absolute atomic E-state index is 0.167. The van der Waals surface area contributed by atoms with Gasteiger partial charge in [0.05, 0.1) is 13.1 Å². The van der Waals surface area contributed by atoms with Gasteiger partial charge in [0, 0.05) is 5.56 Å². The summed E-state index contributed by atoms with van der Waals surface area (Å²) in [5.74, 6) is -0.157. The van der Waals surface area contributed by atoms with Crippen LogP contribution in [0.25, 0.3) is 0 Å². The molecule has 1 aliphatic carbocycles. The number of quaternary nitrogens is 1. The molecule has 1 amide bonds. The Labute approximate surface area is 124 Å². The third-order valence-corrected chi connectivity index (χ3v) is 3.94. The number of nitrogens with zero attached hydrogens (tertiary/aromatic N) is 1. The quantitative estimate of drug-likeness (QED) is 0.808. The lowest BCUT2D eigenvalue weighted by molar-refractivity contribution is -0.885. The van der Waals surface area contributed by atoms with E-state index in [1.54, 1.807) is 25.1 Å². The minimum atomic E-state index is -0.768. The van der Waals surface area contributed by atoms with E-state index < -0.39 is 5.54 Å². The fourth-order valence-corrected chi connectivity index (χ4v) is 2.52. The summed E-state index contributed by atoms with van der Waals surface area (Å²) >= 11 is 0. The summed E-state index contributed by atoms with van der Waals surface area (Å²) in [6, 6.07) is 8.77. The molecule has 1 aromatic carbocycles. The fourth-order valence-electron chi connectivity index (χ4n) is 2.52. The number of hydrogen-bond acceptors (Lipinski definition) is 2. The molecule has 0 aliphatic heterocycles. The molecule has 2 rings (SSSR count). The van der Waals surface area contributed by atoms with Crippen molar-refractivity contribution < 1.29 is 14.1 Å². The van der Waals surface area contributed by atoms with Crippen molar-refractivity contribution in [3.05, 3.63) is 35.6 Å². The van der Waals surface area contributed by atoms with Crippen LogP contribution in [0.1, 0.15) is 25.3 Å². The predicted molar refractivity (Wildman–Crippen MR) is 76.7 cm³/mol. The first kappa shape index (κ1) is 15.5. The van der Waals surface area contributed by atoms with Gasteiger partial charge in [-0.15, -0.1) is 0 Å². The Balaban J connectivity index is 1.88. The van der Waals surface area contributed by atoms with Gasteiger partial charge in [-0.25, -0.2) is 4.39 Å². The lowest BCUT2D eigenvalue weighted by Crippen LogP contribution is -3.09. The number of amides is 1. The van der Waals surface area contributed by atoms with Crippen molar-refractivity contribution in [1.82, 2.24) is 5.32 Å². The van der Waals surface area contributed by atoms with Crippen LogP contribution in [-0.4, -0.2) is 25.0 Å². The Morgan fingerprint density at radius 3 is 2.76 bits per heavy atom. The maximum Gasteiger partial charge on any atom is 0.276 e. The van der Waals surface area contributed by atoms with Crippen LogP contribution < -0.4 is 10.2 Å². The van der Waals surface area contributed by atoms with E-state index in [1.807, 2.05) is 7.05 Å². The van der Waals surface area contributed by atoms with E-state index in [1.165, 1.54) is 6.07 Å². The van der Waals surface area contributed by atoms with Gasteiger partial charge in [0.25, 0.3) is 5.91 Å². The maximum absolute atomic E-state index is 13.6. The van der Waals surface area contributed by atoms with E-state index in [0.717, 1.165) is 17.7 Å². The number of hydrogen-bond donors (Lipinski definition) is 2. The van der Waals surface area contributed by atoms with Crippen molar-refractivity contribution in [1.29, 1.82) is 5.26 Å². The highest BCUT2D eigenvalue weighted by atomic mass is 19.1. The lowest BCUT2D eigenvalue weighted by Gasteiger charge is -2.23. The first-order valence-electron chi connectivity index (χ1n) is 7.21. The van der Waals surface area contributed by atoms with Crippen LogP contribution in [0.3, 0.4) is 0 Å². The molecule has 1 unspecified atom stereocenters. The maximum atomic E-state index is 13.6. The molecule has 1 fully saturated rings. The molecule has 112 valence electrons. The molecule has 1 aromatic rings. The number of nitriles is 1. The average Bonchev–Trinajstić information content (AvgIpc) is 3.25. The molecular formula is C16H21FN3O+. The predicted octanol–water partition coefficient (Wildman–Crippen LogP) is 0.649. The fraction of sp³-hybridized carbons (Fsp3) is 0.500. The van der Waals surface area contributed by atoms with Gasteiger partial charge in [-0.3, -0.25) is 4.79 Å². The van der Waals surface area contributed by atoms with Crippen LogP contribution in [-0.2, 0) is 11.3 Å². The van der Waals surface area contributed by atoms with Crippen LogP contribution in [0.4, 0.5) is 4.39 Å². The summed E-state index contributed by atoms with van der Waals surface area (Å²) in [7, 11) is 1.84. The first-order chi connectivity index (χ1) is 9.94. The molecular weight excluding hydrogens is 269 g/mol. The zero-order valence-electron chi connectivity index (χ0n) is 12.4. The summed E-state index contributed by atoms with van der Waals surface area (Å²) in [5, 5.41) is 12.1. The van der Waals surface area contributed by atoms with Crippen molar-refractivity contribution in [3.63, 3.8) is 0 Å². The van der Waals surface area contributed by atoms with Gasteiger partial charge >= 0.3 is 0 Å². The molecule has 4 nitrogen and oxygen atoms in total. The number of carbonyl (C=O) groups excluding carboxylic acids is 1. The van der Waals surface area contributed by atoms with Gasteiger partial charge in [0.1, 0.15) is 17.9 Å². The SMILES string of the molecule is C[NH+](CC(=O)N[C@@](C)(C#N)C1CC1)Cc1ccccc1F. The molecule has 2 atom stereocenters. The van der Waals surface area contributed by atoms with Crippen molar-refractivity contribution in [2.24, 2.45) is 5.92 Å². The van der Waals surface area contributed by atoms with Gasteiger partial charge in [0.2, 0.25) is 0 Å². The Morgan fingerprint density at radius 2 is 2.19 bits per heavy atom. The van der Waals surface area contributed by atoms with Gasteiger partial charge in [-0.2, -0.15) is 5.26 Å². The number of carbonyl (C=O) groups is 1. The summed E-state index contributed by atoms with van der Waals surface area (Å²) in [5.41, 5.74) is -0.178. The molecule has 2 N–H and O–H groups in total. The highest BCUT2D eigenvalue weighted by Crippen LogP contribution is 2.39. The van der Waals surface area contributed by atoms with Gasteiger partial charge in [-0.1, -0.05) is 18.2 Å². The largest absolute Gasteiger partial charge is 0.333 e. The van der Waals surface area contributed by atoms with Crippen molar-refractivity contribution in [2.45, 2.75) is 31.8 Å². The van der Waals surface area contributed by atoms with E-state index in [9.17, 15) is 14.4 Å². The summed E-state index contributed by atoms with van der Waals surface area (Å²) < 4.78 is 13.6. The molecule has 0 aromatic heterocycles. The van der Waals surface area contributed by atoms with Crippen molar-refractivity contribution in [3.8, 4) is 6.07 Å². The molecule has 21 heavy (non-hydrogen) atoms. The molecule has 1 aliphatic rings. The number of nitrogens with one attached hydrogen (secondary N) is 2. The van der Waals surface area contributed by atoms with Gasteiger partial charge in [0.15, 0.2) is 6.54 Å². The number of benzene rings is 1. The molecule has 0 radical (unpaired) electrons. The van der Waals surface area contributed by atoms with E-state index in [-0.39, 0.29) is 24.2 Å². The first-order valence-corrected chi connectivity index (χ1v) is 7.21. The van der Waals surface area contributed by atoms with Crippen LogP contribution in [0, 0.1) is 23.1 Å². The normalized spacial score (nSPS) is 18.4. The second kappa shape index (κ2) is 6.23. The highest BCUT2D eigenvalue weighted by molar-refractivity contribution is 5.78. The molecule has 0 bridgehead atoms. The molecule has 1 saturated carbocycles. The Kier molecular flexibility index (Phi) is 4.59. The lowest BCUT2D eigenvalue weighted by atomic mass is 9.98. The molecule has 5 heteroatoms. The minimum Gasteiger partial charge on any atom is -0.333 e. The third kappa shape index (κ3) is 4.02. The van der Waals surface area contributed by atoms with E-state index in [0.29, 0.717) is 12.1 Å². The Morgan fingerprint density at radius 1 is 1.52 bits per heavy atom. The number of rotatable bonds is 6. The monoisotopic (exact) mass is 290 g/mol. The standard InChI is InChI=1S/C16H20FN3O/c1-16(11-18,13-7-8-13)19-15(21)10-20(2)9-12-5-3-4-6-14(12)17/h3-6,13H,7-10H2,1-2H3,(H,19,21)/p+1/t16-/m0/s1. The summed E-state index contributed by atoms with van der Waals surface area (Å²) in [6.45, 7) is 2.43. The highest BCUT2D eigenvalue weighted by Gasteiger charge is 2.43. The molecule has 0 heterocycles. The zero-order chi connectivity index (χ0) is 15.5. The van der Waals surface area contributed by atoms with Crippen LogP contribution >= 0.6 is 0 Å². The van der Waals surface area contributed by atoms with Crippen LogP contribution in [0.2, 0.25) is 0 Å². The summed E-state index contributed by atoms with van der Waals surface area (Å²) in [4.78, 5) is 12.9. The Bertz CT molecular complexity index is 565. The van der Waals surface area contributed by atoms with Crippen molar-refractivity contribution >= 4 is 5.91 Å². The van der Waals surface area contributed by atoms with E-state index in [2.05, 4.69) is 11.4 Å². The topological polar surface area (TPSA) is 57.3 Å². The smallest absolute Gasteiger partial charge is 0.276 e. The molecule has 0 saturated heterocycles. The number of likely N-dealkylation sites (N-methyl/N-ethyl adjacent to an activating group) is 1.